The lowest BCUT2D eigenvalue weighted by Crippen LogP contribution is -2.46. The zero-order valence-corrected chi connectivity index (χ0v) is 17.5. The molecule has 1 saturated heterocycles. The number of rotatable bonds is 6. The monoisotopic (exact) mass is 429 g/mol. The number of benzene rings is 3. The number of aryl methyl sites for hydroxylation is 1. The van der Waals surface area contributed by atoms with E-state index in [4.69, 9.17) is 5.21 Å². The fourth-order valence-electron chi connectivity index (χ4n) is 3.93. The number of imide groups is 1. The van der Waals surface area contributed by atoms with Crippen LogP contribution in [0.25, 0.3) is 0 Å². The highest BCUT2D eigenvalue weighted by Crippen LogP contribution is 2.33. The van der Waals surface area contributed by atoms with E-state index in [0.717, 1.165) is 16.7 Å². The van der Waals surface area contributed by atoms with Crippen LogP contribution in [-0.2, 0) is 23.3 Å². The molecule has 32 heavy (non-hydrogen) atoms. The second-order valence-electron chi connectivity index (χ2n) is 7.89. The van der Waals surface area contributed by atoms with Crippen LogP contribution in [0.3, 0.4) is 0 Å². The summed E-state index contributed by atoms with van der Waals surface area (Å²) in [4.78, 5) is 39.3. The molecule has 0 aliphatic carbocycles. The first-order chi connectivity index (χ1) is 15.4. The third-order valence-electron chi connectivity index (χ3n) is 5.69. The summed E-state index contributed by atoms with van der Waals surface area (Å²) in [5, 5.41) is 11.7. The summed E-state index contributed by atoms with van der Waals surface area (Å²) >= 11 is 0. The van der Waals surface area contributed by atoms with E-state index >= 15 is 0 Å². The van der Waals surface area contributed by atoms with Crippen molar-refractivity contribution < 1.29 is 19.6 Å². The van der Waals surface area contributed by atoms with Gasteiger partial charge in [0.15, 0.2) is 5.54 Å². The van der Waals surface area contributed by atoms with Crippen LogP contribution in [0.1, 0.15) is 32.6 Å². The number of carbonyl (C=O) groups excluding carboxylic acids is 3. The minimum Gasteiger partial charge on any atom is -0.319 e. The average molecular weight is 429 g/mol. The number of amides is 4. The van der Waals surface area contributed by atoms with E-state index in [2.05, 4.69) is 5.32 Å². The lowest BCUT2D eigenvalue weighted by Gasteiger charge is -2.27. The standard InChI is InChI=1S/C25H23N3O4/c1-17-7-9-18(10-8-17)15-25(21-5-3-2-4-6-21)23(30)28(24(31)26-25)16-19-11-13-20(14-12-19)22(29)27-32/h2-14,32H,15-16H2,1H3,(H,26,31)(H,27,29). The maximum Gasteiger partial charge on any atom is 0.325 e. The summed E-state index contributed by atoms with van der Waals surface area (Å²) < 4.78 is 0. The molecule has 3 aromatic carbocycles. The lowest BCUT2D eigenvalue weighted by molar-refractivity contribution is -0.132. The molecule has 1 atom stereocenters. The van der Waals surface area contributed by atoms with Gasteiger partial charge in [-0.15, -0.1) is 0 Å². The summed E-state index contributed by atoms with van der Waals surface area (Å²) in [6.45, 7) is 2.06. The molecule has 1 unspecified atom stereocenters. The Kier molecular flexibility index (Phi) is 5.75. The fraction of sp³-hybridized carbons (Fsp3) is 0.160. The average Bonchev–Trinajstić information content (AvgIpc) is 3.06. The zero-order valence-electron chi connectivity index (χ0n) is 17.5. The molecule has 0 spiro atoms. The number of hydroxylamine groups is 1. The Bertz CT molecular complexity index is 1140. The summed E-state index contributed by atoms with van der Waals surface area (Å²) in [6, 6.07) is 23.0. The SMILES string of the molecule is Cc1ccc(CC2(c3ccccc3)NC(=O)N(Cc3ccc(C(=O)NO)cc3)C2=O)cc1. The first-order valence-electron chi connectivity index (χ1n) is 10.2. The van der Waals surface area contributed by atoms with Gasteiger partial charge in [-0.2, -0.15) is 0 Å². The number of nitrogens with one attached hydrogen (secondary N) is 2. The van der Waals surface area contributed by atoms with Crippen LogP contribution in [0.5, 0.6) is 0 Å². The van der Waals surface area contributed by atoms with Crippen LogP contribution in [0.2, 0.25) is 0 Å². The van der Waals surface area contributed by atoms with E-state index in [-0.39, 0.29) is 18.0 Å². The van der Waals surface area contributed by atoms with Crippen molar-refractivity contribution in [1.29, 1.82) is 0 Å². The molecule has 0 aromatic heterocycles. The number of hydrogen-bond donors (Lipinski definition) is 3. The van der Waals surface area contributed by atoms with Gasteiger partial charge in [0.2, 0.25) is 0 Å². The van der Waals surface area contributed by atoms with Crippen LogP contribution in [0.15, 0.2) is 78.9 Å². The van der Waals surface area contributed by atoms with Gasteiger partial charge in [-0.25, -0.2) is 10.3 Å². The van der Waals surface area contributed by atoms with Crippen molar-refractivity contribution >= 4 is 17.8 Å². The molecule has 3 N–H and O–H groups in total. The minimum absolute atomic E-state index is 0.0637. The van der Waals surface area contributed by atoms with Crippen molar-refractivity contribution in [2.75, 3.05) is 0 Å². The number of nitrogens with zero attached hydrogens (tertiary/aromatic N) is 1. The quantitative estimate of drug-likeness (QED) is 0.318. The molecular weight excluding hydrogens is 406 g/mol. The molecule has 4 rings (SSSR count). The highest BCUT2D eigenvalue weighted by molar-refractivity contribution is 6.07. The Hall–Kier alpha value is -3.97. The van der Waals surface area contributed by atoms with Crippen LogP contribution in [-0.4, -0.2) is 28.0 Å². The molecular formula is C25H23N3O4. The van der Waals surface area contributed by atoms with E-state index in [1.54, 1.807) is 17.6 Å². The predicted molar refractivity (Wildman–Crippen MR) is 118 cm³/mol. The molecule has 1 heterocycles. The highest BCUT2D eigenvalue weighted by Gasteiger charge is 2.52. The van der Waals surface area contributed by atoms with Crippen molar-refractivity contribution in [1.82, 2.24) is 15.7 Å². The molecule has 0 radical (unpaired) electrons. The van der Waals surface area contributed by atoms with Gasteiger partial charge in [-0.05, 0) is 35.7 Å². The van der Waals surface area contributed by atoms with Crippen molar-refractivity contribution in [3.8, 4) is 0 Å². The molecule has 162 valence electrons. The number of urea groups is 1. The van der Waals surface area contributed by atoms with Crippen LogP contribution in [0, 0.1) is 6.92 Å². The van der Waals surface area contributed by atoms with Gasteiger partial charge in [-0.3, -0.25) is 19.7 Å². The normalized spacial score (nSPS) is 17.9. The number of carbonyl (C=O) groups is 3. The van der Waals surface area contributed by atoms with Gasteiger partial charge in [0.1, 0.15) is 0 Å². The summed E-state index contributed by atoms with van der Waals surface area (Å²) in [7, 11) is 0. The molecule has 1 fully saturated rings. The summed E-state index contributed by atoms with van der Waals surface area (Å²) in [5.41, 5.74) is 4.10. The van der Waals surface area contributed by atoms with E-state index in [9.17, 15) is 14.4 Å². The van der Waals surface area contributed by atoms with Crippen LogP contribution >= 0.6 is 0 Å². The molecule has 0 saturated carbocycles. The first-order valence-corrected chi connectivity index (χ1v) is 10.2. The second-order valence-corrected chi connectivity index (χ2v) is 7.89. The van der Waals surface area contributed by atoms with Crippen molar-refractivity contribution in [3.05, 3.63) is 107 Å². The largest absolute Gasteiger partial charge is 0.325 e. The van der Waals surface area contributed by atoms with E-state index in [1.807, 2.05) is 61.5 Å². The Morgan fingerprint density at radius 2 is 1.56 bits per heavy atom. The van der Waals surface area contributed by atoms with Gasteiger partial charge in [-0.1, -0.05) is 72.3 Å². The summed E-state index contributed by atoms with van der Waals surface area (Å²) in [5.74, 6) is -0.959. The molecule has 7 heteroatoms. The molecule has 0 bridgehead atoms. The van der Waals surface area contributed by atoms with Crippen molar-refractivity contribution in [2.45, 2.75) is 25.4 Å². The van der Waals surface area contributed by atoms with Gasteiger partial charge in [0.25, 0.3) is 11.8 Å². The zero-order chi connectivity index (χ0) is 22.7. The Balaban J connectivity index is 1.65. The van der Waals surface area contributed by atoms with Gasteiger partial charge in [0.05, 0.1) is 6.54 Å². The first kappa shape index (κ1) is 21.3. The van der Waals surface area contributed by atoms with Crippen molar-refractivity contribution in [3.63, 3.8) is 0 Å². The van der Waals surface area contributed by atoms with Gasteiger partial charge in [0, 0.05) is 12.0 Å². The van der Waals surface area contributed by atoms with E-state index in [0.29, 0.717) is 12.0 Å². The molecule has 1 aliphatic rings. The van der Waals surface area contributed by atoms with Crippen LogP contribution in [0.4, 0.5) is 4.79 Å². The topological polar surface area (TPSA) is 98.7 Å². The molecule has 4 amide bonds. The van der Waals surface area contributed by atoms with E-state index < -0.39 is 17.5 Å². The minimum atomic E-state index is -1.20. The van der Waals surface area contributed by atoms with Crippen LogP contribution < -0.4 is 10.8 Å². The second kappa shape index (κ2) is 8.64. The molecule has 3 aromatic rings. The maximum absolute atomic E-state index is 13.7. The highest BCUT2D eigenvalue weighted by atomic mass is 16.5. The van der Waals surface area contributed by atoms with E-state index in [1.165, 1.54) is 17.0 Å². The molecule has 1 aliphatic heterocycles. The lowest BCUT2D eigenvalue weighted by atomic mass is 9.83. The van der Waals surface area contributed by atoms with Gasteiger partial charge < -0.3 is 5.32 Å². The Morgan fingerprint density at radius 3 is 2.19 bits per heavy atom. The fourth-order valence-corrected chi connectivity index (χ4v) is 3.93. The molecule has 7 nitrogen and oxygen atoms in total. The Morgan fingerprint density at radius 1 is 0.938 bits per heavy atom. The van der Waals surface area contributed by atoms with Gasteiger partial charge >= 0.3 is 6.03 Å². The smallest absolute Gasteiger partial charge is 0.319 e. The van der Waals surface area contributed by atoms with Crippen molar-refractivity contribution in [2.24, 2.45) is 0 Å². The maximum atomic E-state index is 13.7. The Labute approximate surface area is 185 Å². The third-order valence-corrected chi connectivity index (χ3v) is 5.69. The predicted octanol–water partition coefficient (Wildman–Crippen LogP) is 3.30. The summed E-state index contributed by atoms with van der Waals surface area (Å²) in [6.07, 6.45) is 0.327. The number of hydrogen-bond acceptors (Lipinski definition) is 4. The third kappa shape index (κ3) is 3.98.